The van der Waals surface area contributed by atoms with Crippen molar-refractivity contribution in [2.75, 3.05) is 5.32 Å². The molecule has 2 aromatic carbocycles. The summed E-state index contributed by atoms with van der Waals surface area (Å²) in [6.45, 7) is 3.32. The van der Waals surface area contributed by atoms with Crippen LogP contribution >= 0.6 is 23.1 Å². The number of thiazole rings is 1. The fourth-order valence-corrected chi connectivity index (χ4v) is 4.59. The van der Waals surface area contributed by atoms with E-state index in [1.165, 1.54) is 18.7 Å². The Balaban J connectivity index is 1.54. The van der Waals surface area contributed by atoms with Gasteiger partial charge in [-0.1, -0.05) is 47.4 Å². The Bertz CT molecular complexity index is 1160. The van der Waals surface area contributed by atoms with Crippen molar-refractivity contribution in [3.8, 4) is 0 Å². The van der Waals surface area contributed by atoms with Crippen LogP contribution in [0.1, 0.15) is 24.2 Å². The van der Waals surface area contributed by atoms with Crippen molar-refractivity contribution >= 4 is 55.7 Å². The van der Waals surface area contributed by atoms with Gasteiger partial charge in [0.2, 0.25) is 10.9 Å². The van der Waals surface area contributed by atoms with Crippen LogP contribution in [0, 0.1) is 0 Å². The number of para-hydroxylation sites is 1. The van der Waals surface area contributed by atoms with Crippen molar-refractivity contribution in [1.82, 2.24) is 14.6 Å². The number of carbonyl (C=O) groups excluding carboxylic acids is 2. The highest BCUT2D eigenvalue weighted by molar-refractivity contribution is 8.00. The molecule has 0 aliphatic carbocycles. The number of nitrogens with one attached hydrogen (secondary N) is 1. The number of rotatable bonds is 5. The molecule has 4 rings (SSSR count). The molecule has 0 aliphatic heterocycles. The number of thioether (sulfide) groups is 1. The lowest BCUT2D eigenvalue weighted by Crippen LogP contribution is -2.22. The number of ketones is 1. The maximum atomic E-state index is 12.6. The van der Waals surface area contributed by atoms with E-state index in [0.29, 0.717) is 16.4 Å². The topological polar surface area (TPSA) is 76.4 Å². The van der Waals surface area contributed by atoms with Gasteiger partial charge in [0, 0.05) is 11.3 Å². The third-order valence-electron chi connectivity index (χ3n) is 4.10. The number of Topliss-reactive ketones (excluding diaryl/α,β-unsaturated/α-hetero) is 1. The zero-order chi connectivity index (χ0) is 19.0. The van der Waals surface area contributed by atoms with E-state index in [1.54, 1.807) is 35.6 Å². The number of aromatic nitrogens is 3. The highest BCUT2D eigenvalue weighted by Gasteiger charge is 2.20. The minimum Gasteiger partial charge on any atom is -0.325 e. The Morgan fingerprint density at radius 1 is 1.15 bits per heavy atom. The number of carbonyl (C=O) groups is 2. The molecule has 1 amide bonds. The summed E-state index contributed by atoms with van der Waals surface area (Å²) >= 11 is 2.92. The van der Waals surface area contributed by atoms with Gasteiger partial charge in [0.15, 0.2) is 10.9 Å². The molecule has 1 atom stereocenters. The molecule has 2 aromatic heterocycles. The molecule has 4 aromatic rings. The summed E-state index contributed by atoms with van der Waals surface area (Å²) in [6, 6.07) is 15.0. The summed E-state index contributed by atoms with van der Waals surface area (Å²) in [5.74, 6) is -0.194. The van der Waals surface area contributed by atoms with E-state index in [1.807, 2.05) is 35.6 Å². The van der Waals surface area contributed by atoms with Crippen LogP contribution in [0.25, 0.3) is 15.2 Å². The van der Waals surface area contributed by atoms with Crippen LogP contribution in [0.5, 0.6) is 0 Å². The van der Waals surface area contributed by atoms with Gasteiger partial charge in [0.05, 0.1) is 15.5 Å². The average Bonchev–Trinajstić information content (AvgIpc) is 3.21. The standard InChI is InChI=1S/C19H16N4O2S2/c1-11(24)13-6-5-7-14(10-13)20-17(25)12(2)26-18-21-22-19-23(18)15-8-3-4-9-16(15)27-19/h3-10,12H,1-2H3,(H,20,25)/t12-/m1/s1. The summed E-state index contributed by atoms with van der Waals surface area (Å²) in [4.78, 5) is 24.9. The monoisotopic (exact) mass is 396 g/mol. The Labute approximate surface area is 163 Å². The quantitative estimate of drug-likeness (QED) is 0.403. The third-order valence-corrected chi connectivity index (χ3v) is 6.15. The summed E-state index contributed by atoms with van der Waals surface area (Å²) in [6.07, 6.45) is 0. The minimum atomic E-state index is -0.378. The first-order chi connectivity index (χ1) is 13.0. The molecule has 2 heterocycles. The van der Waals surface area contributed by atoms with Gasteiger partial charge in [-0.05, 0) is 38.1 Å². The number of hydrogen-bond acceptors (Lipinski definition) is 6. The lowest BCUT2D eigenvalue weighted by atomic mass is 10.1. The highest BCUT2D eigenvalue weighted by Crippen LogP contribution is 2.31. The first-order valence-corrected chi connectivity index (χ1v) is 10.0. The molecule has 0 saturated carbocycles. The Morgan fingerprint density at radius 2 is 1.96 bits per heavy atom. The second kappa shape index (κ2) is 7.13. The molecule has 0 unspecified atom stereocenters. The maximum absolute atomic E-state index is 12.6. The van der Waals surface area contributed by atoms with E-state index in [-0.39, 0.29) is 16.9 Å². The molecule has 6 nitrogen and oxygen atoms in total. The molecule has 0 bridgehead atoms. The maximum Gasteiger partial charge on any atom is 0.237 e. The van der Waals surface area contributed by atoms with Crippen LogP contribution in [0.15, 0.2) is 53.7 Å². The molecular formula is C19H16N4O2S2. The van der Waals surface area contributed by atoms with Crippen molar-refractivity contribution in [2.45, 2.75) is 24.3 Å². The largest absolute Gasteiger partial charge is 0.325 e. The molecule has 0 saturated heterocycles. The molecule has 8 heteroatoms. The van der Waals surface area contributed by atoms with Crippen LogP contribution in [0.2, 0.25) is 0 Å². The second-order valence-electron chi connectivity index (χ2n) is 6.06. The van der Waals surface area contributed by atoms with Crippen molar-refractivity contribution in [1.29, 1.82) is 0 Å². The highest BCUT2D eigenvalue weighted by atomic mass is 32.2. The number of hydrogen-bond donors (Lipinski definition) is 1. The predicted octanol–water partition coefficient (Wildman–Crippen LogP) is 4.27. The summed E-state index contributed by atoms with van der Waals surface area (Å²) < 4.78 is 3.10. The minimum absolute atomic E-state index is 0.0382. The Kier molecular flexibility index (Phi) is 4.67. The van der Waals surface area contributed by atoms with E-state index in [0.717, 1.165) is 15.2 Å². The lowest BCUT2D eigenvalue weighted by Gasteiger charge is -2.11. The SMILES string of the molecule is CC(=O)c1cccc(NC(=O)[C@@H](C)Sc2nnc3sc4ccccc4n23)c1. The average molecular weight is 396 g/mol. The lowest BCUT2D eigenvalue weighted by molar-refractivity contribution is -0.115. The zero-order valence-electron chi connectivity index (χ0n) is 14.7. The summed E-state index contributed by atoms with van der Waals surface area (Å²) in [5.41, 5.74) is 2.20. The van der Waals surface area contributed by atoms with Crippen molar-refractivity contribution in [3.05, 3.63) is 54.1 Å². The number of benzene rings is 2. The molecule has 0 spiro atoms. The van der Waals surface area contributed by atoms with Gasteiger partial charge >= 0.3 is 0 Å². The van der Waals surface area contributed by atoms with E-state index in [4.69, 9.17) is 0 Å². The smallest absolute Gasteiger partial charge is 0.237 e. The Morgan fingerprint density at radius 3 is 2.78 bits per heavy atom. The Hall–Kier alpha value is -2.71. The van der Waals surface area contributed by atoms with Crippen molar-refractivity contribution in [3.63, 3.8) is 0 Å². The van der Waals surface area contributed by atoms with E-state index < -0.39 is 0 Å². The van der Waals surface area contributed by atoms with Crippen LogP contribution in [-0.4, -0.2) is 31.5 Å². The van der Waals surface area contributed by atoms with Crippen LogP contribution < -0.4 is 5.32 Å². The van der Waals surface area contributed by atoms with Crippen LogP contribution in [0.4, 0.5) is 5.69 Å². The molecule has 0 aliphatic rings. The van der Waals surface area contributed by atoms with Gasteiger partial charge in [-0.25, -0.2) is 0 Å². The molecule has 0 fully saturated rings. The van der Waals surface area contributed by atoms with Gasteiger partial charge < -0.3 is 5.32 Å². The molecule has 136 valence electrons. The van der Waals surface area contributed by atoms with Crippen molar-refractivity contribution < 1.29 is 9.59 Å². The van der Waals surface area contributed by atoms with Crippen LogP contribution in [0.3, 0.4) is 0 Å². The van der Waals surface area contributed by atoms with Gasteiger partial charge in [0.1, 0.15) is 0 Å². The normalized spacial score (nSPS) is 12.4. The van der Waals surface area contributed by atoms with Gasteiger partial charge in [0.25, 0.3) is 0 Å². The molecule has 27 heavy (non-hydrogen) atoms. The predicted molar refractivity (Wildman–Crippen MR) is 109 cm³/mol. The summed E-state index contributed by atoms with van der Waals surface area (Å²) in [5, 5.41) is 11.6. The second-order valence-corrected chi connectivity index (χ2v) is 8.37. The van der Waals surface area contributed by atoms with Gasteiger partial charge in [-0.2, -0.15) is 0 Å². The number of anilines is 1. The molecule has 1 N–H and O–H groups in total. The van der Waals surface area contributed by atoms with Gasteiger partial charge in [-0.3, -0.25) is 14.0 Å². The van der Waals surface area contributed by atoms with Crippen LogP contribution in [-0.2, 0) is 4.79 Å². The van der Waals surface area contributed by atoms with E-state index >= 15 is 0 Å². The summed E-state index contributed by atoms with van der Waals surface area (Å²) in [7, 11) is 0. The first-order valence-electron chi connectivity index (χ1n) is 8.34. The van der Waals surface area contributed by atoms with E-state index in [9.17, 15) is 9.59 Å². The van der Waals surface area contributed by atoms with Crippen molar-refractivity contribution in [2.24, 2.45) is 0 Å². The zero-order valence-corrected chi connectivity index (χ0v) is 16.3. The third kappa shape index (κ3) is 3.45. The fraction of sp³-hybridized carbons (Fsp3) is 0.158. The number of amides is 1. The molecule has 0 radical (unpaired) electrons. The van der Waals surface area contributed by atoms with Gasteiger partial charge in [-0.15, -0.1) is 10.2 Å². The first kappa shape index (κ1) is 17.7. The van der Waals surface area contributed by atoms with E-state index in [2.05, 4.69) is 15.5 Å². The fourth-order valence-electron chi connectivity index (χ4n) is 2.70. The number of fused-ring (bicyclic) bond motifs is 3. The number of nitrogens with zero attached hydrogens (tertiary/aromatic N) is 3. The molecular weight excluding hydrogens is 380 g/mol.